The Kier molecular flexibility index (Phi) is 5.54. The van der Waals surface area contributed by atoms with Gasteiger partial charge in [-0.2, -0.15) is 0 Å². The van der Waals surface area contributed by atoms with Gasteiger partial charge in [-0.3, -0.25) is 4.79 Å². The van der Waals surface area contributed by atoms with Gasteiger partial charge in [0.25, 0.3) is 0 Å². The molecule has 2 heterocycles. The molecular weight excluding hydrogens is 272 g/mol. The van der Waals surface area contributed by atoms with Gasteiger partial charge in [-0.15, -0.1) is 11.8 Å². The number of furan rings is 1. The Morgan fingerprint density at radius 2 is 2.20 bits per heavy atom. The number of piperidine rings is 1. The van der Waals surface area contributed by atoms with Gasteiger partial charge in [0.15, 0.2) is 0 Å². The van der Waals surface area contributed by atoms with E-state index in [1.54, 1.807) is 6.26 Å². The van der Waals surface area contributed by atoms with E-state index < -0.39 is 0 Å². The first-order valence-electron chi connectivity index (χ1n) is 7.26. The summed E-state index contributed by atoms with van der Waals surface area (Å²) in [6.45, 7) is 8.53. The number of likely N-dealkylation sites (tertiary alicyclic amines) is 1. The van der Waals surface area contributed by atoms with Gasteiger partial charge in [-0.25, -0.2) is 0 Å². The molecule has 1 amide bonds. The van der Waals surface area contributed by atoms with Gasteiger partial charge in [0.05, 0.1) is 12.0 Å². The normalized spacial score (nSPS) is 17.6. The van der Waals surface area contributed by atoms with Gasteiger partial charge in [0.1, 0.15) is 5.76 Å². The largest absolute Gasteiger partial charge is 0.468 e. The zero-order chi connectivity index (χ0) is 14.5. The van der Waals surface area contributed by atoms with Gasteiger partial charge in [-0.1, -0.05) is 0 Å². The highest BCUT2D eigenvalue weighted by molar-refractivity contribution is 8.00. The number of nitrogens with one attached hydrogen (secondary N) is 1. The van der Waals surface area contributed by atoms with E-state index in [0.717, 1.165) is 36.6 Å². The Hall–Kier alpha value is -0.940. The number of nitrogens with zero attached hydrogens (tertiary/aromatic N) is 1. The quantitative estimate of drug-likeness (QED) is 0.849. The molecule has 4 nitrogen and oxygen atoms in total. The van der Waals surface area contributed by atoms with Crippen LogP contribution in [0.25, 0.3) is 0 Å². The monoisotopic (exact) mass is 296 g/mol. The Morgan fingerprint density at radius 3 is 2.75 bits per heavy atom. The molecule has 0 atom stereocenters. The maximum atomic E-state index is 12.0. The number of thioether (sulfide) groups is 1. The van der Waals surface area contributed by atoms with Crippen molar-refractivity contribution in [2.75, 3.05) is 18.8 Å². The van der Waals surface area contributed by atoms with Crippen molar-refractivity contribution >= 4 is 17.7 Å². The molecule has 0 radical (unpaired) electrons. The predicted octanol–water partition coefficient (Wildman–Crippen LogP) is 2.67. The maximum absolute atomic E-state index is 12.0. The summed E-state index contributed by atoms with van der Waals surface area (Å²) in [6, 6.07) is 2.85. The third kappa shape index (κ3) is 4.28. The average Bonchev–Trinajstić information content (AvgIpc) is 2.82. The standard InChI is InChI=1S/C15H24N2O2S/c1-11(2)17-7-4-13(5-8-17)16-15(18)10-20-14-6-9-19-12(14)3/h6,9,11,13H,4-5,7-8,10H2,1-3H3,(H,16,18). The fourth-order valence-corrected chi connectivity index (χ4v) is 3.27. The van der Waals surface area contributed by atoms with Crippen molar-refractivity contribution in [3.63, 3.8) is 0 Å². The SMILES string of the molecule is Cc1occc1SCC(=O)NC1CCN(C(C)C)CC1. The van der Waals surface area contributed by atoms with Crippen LogP contribution < -0.4 is 5.32 Å². The predicted molar refractivity (Wildman–Crippen MR) is 82.0 cm³/mol. The van der Waals surface area contributed by atoms with Crippen LogP contribution in [0.5, 0.6) is 0 Å². The molecular formula is C15H24N2O2S. The Labute approximate surface area is 125 Å². The molecule has 0 bridgehead atoms. The number of rotatable bonds is 5. The van der Waals surface area contributed by atoms with Crippen LogP contribution in [0.3, 0.4) is 0 Å². The minimum absolute atomic E-state index is 0.124. The zero-order valence-electron chi connectivity index (χ0n) is 12.5. The van der Waals surface area contributed by atoms with Crippen molar-refractivity contribution in [3.05, 3.63) is 18.1 Å². The molecule has 5 heteroatoms. The van der Waals surface area contributed by atoms with Crippen LogP contribution in [0.1, 0.15) is 32.4 Å². The second-order valence-corrected chi connectivity index (χ2v) is 6.62. The second kappa shape index (κ2) is 7.18. The van der Waals surface area contributed by atoms with Crippen molar-refractivity contribution < 1.29 is 9.21 Å². The fraction of sp³-hybridized carbons (Fsp3) is 0.667. The molecule has 0 spiro atoms. The summed E-state index contributed by atoms with van der Waals surface area (Å²) >= 11 is 1.54. The molecule has 1 saturated heterocycles. The number of carbonyl (C=O) groups is 1. The molecule has 1 fully saturated rings. The lowest BCUT2D eigenvalue weighted by Gasteiger charge is -2.34. The summed E-state index contributed by atoms with van der Waals surface area (Å²) in [5, 5.41) is 3.14. The molecule has 1 aromatic rings. The smallest absolute Gasteiger partial charge is 0.230 e. The molecule has 0 saturated carbocycles. The highest BCUT2D eigenvalue weighted by Crippen LogP contribution is 2.22. The summed E-state index contributed by atoms with van der Waals surface area (Å²) in [4.78, 5) is 15.5. The van der Waals surface area contributed by atoms with E-state index in [2.05, 4.69) is 24.1 Å². The molecule has 20 heavy (non-hydrogen) atoms. The first kappa shape index (κ1) is 15.4. The van der Waals surface area contributed by atoms with Crippen LogP contribution in [0.15, 0.2) is 21.6 Å². The molecule has 1 aromatic heterocycles. The van der Waals surface area contributed by atoms with Crippen LogP contribution >= 0.6 is 11.8 Å². The molecule has 0 unspecified atom stereocenters. The van der Waals surface area contributed by atoms with Crippen molar-refractivity contribution in [2.45, 2.75) is 50.6 Å². The molecule has 1 aliphatic rings. The van der Waals surface area contributed by atoms with Crippen molar-refractivity contribution in [1.29, 1.82) is 0 Å². The molecule has 0 aromatic carbocycles. The van der Waals surface area contributed by atoms with Gasteiger partial charge < -0.3 is 14.6 Å². The highest BCUT2D eigenvalue weighted by atomic mass is 32.2. The summed E-state index contributed by atoms with van der Waals surface area (Å²) < 4.78 is 5.22. The van der Waals surface area contributed by atoms with Crippen LogP contribution in [0.4, 0.5) is 0 Å². The number of carbonyl (C=O) groups excluding carboxylic acids is 1. The Balaban J connectivity index is 1.69. The van der Waals surface area contributed by atoms with Crippen LogP contribution in [0, 0.1) is 6.92 Å². The lowest BCUT2D eigenvalue weighted by Crippen LogP contribution is -2.47. The van der Waals surface area contributed by atoms with Gasteiger partial charge in [0, 0.05) is 30.1 Å². The van der Waals surface area contributed by atoms with E-state index in [1.807, 2.05) is 13.0 Å². The minimum Gasteiger partial charge on any atom is -0.468 e. The lowest BCUT2D eigenvalue weighted by atomic mass is 10.0. The van der Waals surface area contributed by atoms with E-state index in [0.29, 0.717) is 17.8 Å². The van der Waals surface area contributed by atoms with Crippen LogP contribution in [-0.4, -0.2) is 41.7 Å². The van der Waals surface area contributed by atoms with Gasteiger partial charge in [0.2, 0.25) is 5.91 Å². The molecule has 1 aliphatic heterocycles. The lowest BCUT2D eigenvalue weighted by molar-refractivity contribution is -0.119. The first-order chi connectivity index (χ1) is 9.56. The fourth-order valence-electron chi connectivity index (χ4n) is 2.50. The Morgan fingerprint density at radius 1 is 1.50 bits per heavy atom. The van der Waals surface area contributed by atoms with E-state index in [4.69, 9.17) is 4.42 Å². The molecule has 2 rings (SSSR count). The topological polar surface area (TPSA) is 45.5 Å². The number of hydrogen-bond donors (Lipinski definition) is 1. The zero-order valence-corrected chi connectivity index (χ0v) is 13.3. The molecule has 1 N–H and O–H groups in total. The number of aryl methyl sites for hydroxylation is 1. The highest BCUT2D eigenvalue weighted by Gasteiger charge is 2.22. The first-order valence-corrected chi connectivity index (χ1v) is 8.25. The van der Waals surface area contributed by atoms with Crippen LogP contribution in [-0.2, 0) is 4.79 Å². The number of hydrogen-bond acceptors (Lipinski definition) is 4. The minimum atomic E-state index is 0.124. The van der Waals surface area contributed by atoms with E-state index in [1.165, 1.54) is 11.8 Å². The van der Waals surface area contributed by atoms with Crippen molar-refractivity contribution in [1.82, 2.24) is 10.2 Å². The van der Waals surface area contributed by atoms with Crippen LogP contribution in [0.2, 0.25) is 0 Å². The Bertz CT molecular complexity index is 437. The average molecular weight is 296 g/mol. The third-order valence-electron chi connectivity index (χ3n) is 3.79. The van der Waals surface area contributed by atoms with E-state index in [9.17, 15) is 4.79 Å². The van der Waals surface area contributed by atoms with E-state index >= 15 is 0 Å². The van der Waals surface area contributed by atoms with Crippen molar-refractivity contribution in [2.24, 2.45) is 0 Å². The number of amides is 1. The van der Waals surface area contributed by atoms with Gasteiger partial charge in [-0.05, 0) is 39.7 Å². The second-order valence-electron chi connectivity index (χ2n) is 5.60. The van der Waals surface area contributed by atoms with E-state index in [-0.39, 0.29) is 5.91 Å². The third-order valence-corrected chi connectivity index (χ3v) is 4.94. The summed E-state index contributed by atoms with van der Waals surface area (Å²) in [7, 11) is 0. The molecule has 0 aliphatic carbocycles. The molecule has 112 valence electrons. The summed E-state index contributed by atoms with van der Waals surface area (Å²) in [6.07, 6.45) is 3.77. The van der Waals surface area contributed by atoms with Gasteiger partial charge >= 0.3 is 0 Å². The summed E-state index contributed by atoms with van der Waals surface area (Å²) in [5.41, 5.74) is 0. The summed E-state index contributed by atoms with van der Waals surface area (Å²) in [5.74, 6) is 1.47. The van der Waals surface area contributed by atoms with Crippen molar-refractivity contribution in [3.8, 4) is 0 Å². The maximum Gasteiger partial charge on any atom is 0.230 e.